The molecule has 0 unspecified atom stereocenters. The molecule has 3 heterocycles. The SMILES string of the molecule is CCOC(=O)CN.Cc1c(-c2cnn(-c3ccccn3)c2)cnc(C(=O)O)c1OCc1ccccc1. The molecule has 1 aromatic carbocycles. The topological polar surface area (TPSA) is 142 Å². The average molecular weight is 490 g/mol. The summed E-state index contributed by atoms with van der Waals surface area (Å²) in [6.45, 7) is 4.21. The smallest absolute Gasteiger partial charge is 0.358 e. The molecule has 186 valence electrons. The minimum Gasteiger partial charge on any atom is -0.486 e. The Morgan fingerprint density at radius 3 is 2.42 bits per heavy atom. The van der Waals surface area contributed by atoms with Gasteiger partial charge in [0.25, 0.3) is 0 Å². The Kier molecular flexibility index (Phi) is 9.24. The minimum atomic E-state index is -1.13. The highest BCUT2D eigenvalue weighted by Crippen LogP contribution is 2.32. The van der Waals surface area contributed by atoms with Crippen LogP contribution in [-0.4, -0.2) is 49.9 Å². The summed E-state index contributed by atoms with van der Waals surface area (Å²) in [5, 5.41) is 13.9. The Balaban J connectivity index is 0.000000454. The second-order valence-corrected chi connectivity index (χ2v) is 7.42. The summed E-state index contributed by atoms with van der Waals surface area (Å²) in [5.41, 5.74) is 7.95. The zero-order valence-corrected chi connectivity index (χ0v) is 20.0. The van der Waals surface area contributed by atoms with Crippen LogP contribution in [0.2, 0.25) is 0 Å². The lowest BCUT2D eigenvalue weighted by molar-refractivity contribution is -0.141. The van der Waals surface area contributed by atoms with Crippen molar-refractivity contribution in [2.24, 2.45) is 5.73 Å². The van der Waals surface area contributed by atoms with Crippen molar-refractivity contribution in [3.63, 3.8) is 0 Å². The molecule has 4 rings (SSSR count). The molecule has 3 N–H and O–H groups in total. The van der Waals surface area contributed by atoms with Crippen LogP contribution in [0.1, 0.15) is 28.5 Å². The molecule has 0 atom stereocenters. The number of carbonyl (C=O) groups excluding carboxylic acids is 1. The number of hydrogen-bond donors (Lipinski definition) is 2. The van der Waals surface area contributed by atoms with Crippen LogP contribution in [-0.2, 0) is 16.1 Å². The van der Waals surface area contributed by atoms with E-state index in [1.165, 1.54) is 6.20 Å². The standard InChI is InChI=1S/C22H18N4O3.C4H9NO2/c1-15-18(17-11-25-26(13-17)19-9-5-6-10-23-19)12-24-20(22(27)28)21(15)29-14-16-7-3-2-4-8-16;1-2-7-4(6)3-5/h2-13H,14H2,1H3,(H,27,28);2-3,5H2,1H3. The van der Waals surface area contributed by atoms with E-state index in [1.807, 2.05) is 61.7 Å². The van der Waals surface area contributed by atoms with E-state index in [0.717, 1.165) is 16.7 Å². The number of esters is 1. The predicted octanol–water partition coefficient (Wildman–Crippen LogP) is 3.42. The van der Waals surface area contributed by atoms with Crippen LogP contribution in [0.5, 0.6) is 5.75 Å². The van der Waals surface area contributed by atoms with E-state index in [0.29, 0.717) is 18.0 Å². The summed E-state index contributed by atoms with van der Waals surface area (Å²) in [6, 6.07) is 15.1. The first-order chi connectivity index (χ1) is 17.4. The number of ether oxygens (including phenoxy) is 2. The van der Waals surface area contributed by atoms with E-state index < -0.39 is 5.97 Å². The fourth-order valence-electron chi connectivity index (χ4n) is 3.23. The van der Waals surface area contributed by atoms with Crippen LogP contribution in [0.4, 0.5) is 0 Å². The molecule has 0 aliphatic carbocycles. The van der Waals surface area contributed by atoms with Gasteiger partial charge < -0.3 is 20.3 Å². The Morgan fingerprint density at radius 1 is 1.06 bits per heavy atom. The third-order valence-corrected chi connectivity index (χ3v) is 4.96. The molecule has 0 amide bonds. The first-order valence-corrected chi connectivity index (χ1v) is 11.2. The molecular weight excluding hydrogens is 462 g/mol. The van der Waals surface area contributed by atoms with Gasteiger partial charge in [-0.1, -0.05) is 36.4 Å². The van der Waals surface area contributed by atoms with Gasteiger partial charge in [0.1, 0.15) is 6.61 Å². The quantitative estimate of drug-likeness (QED) is 0.356. The predicted molar refractivity (Wildman–Crippen MR) is 133 cm³/mol. The average Bonchev–Trinajstić information content (AvgIpc) is 3.39. The number of nitrogens with two attached hydrogens (primary N) is 1. The summed E-state index contributed by atoms with van der Waals surface area (Å²) in [4.78, 5) is 30.1. The molecule has 0 fully saturated rings. The van der Waals surface area contributed by atoms with E-state index in [1.54, 1.807) is 24.0 Å². The first kappa shape index (κ1) is 26.0. The molecular formula is C26H27N5O5. The van der Waals surface area contributed by atoms with Gasteiger partial charge in [0.2, 0.25) is 0 Å². The van der Waals surface area contributed by atoms with E-state index in [2.05, 4.69) is 19.8 Å². The Morgan fingerprint density at radius 2 is 1.81 bits per heavy atom. The van der Waals surface area contributed by atoms with Gasteiger partial charge in [0.15, 0.2) is 17.3 Å². The van der Waals surface area contributed by atoms with Crippen LogP contribution in [0.15, 0.2) is 73.3 Å². The van der Waals surface area contributed by atoms with Gasteiger partial charge in [-0.05, 0) is 31.5 Å². The fraction of sp³-hybridized carbons (Fsp3) is 0.192. The number of carboxylic acids is 1. The second-order valence-electron chi connectivity index (χ2n) is 7.42. The van der Waals surface area contributed by atoms with Crippen molar-refractivity contribution in [3.05, 3.63) is 90.1 Å². The molecule has 10 nitrogen and oxygen atoms in total. The number of benzene rings is 1. The van der Waals surface area contributed by atoms with Gasteiger partial charge in [-0.15, -0.1) is 0 Å². The van der Waals surface area contributed by atoms with Gasteiger partial charge >= 0.3 is 11.9 Å². The van der Waals surface area contributed by atoms with Crippen LogP contribution >= 0.6 is 0 Å². The van der Waals surface area contributed by atoms with Crippen molar-refractivity contribution >= 4 is 11.9 Å². The number of rotatable bonds is 8. The van der Waals surface area contributed by atoms with Crippen molar-refractivity contribution in [1.82, 2.24) is 19.7 Å². The first-order valence-electron chi connectivity index (χ1n) is 11.2. The lowest BCUT2D eigenvalue weighted by Crippen LogP contribution is -2.16. The molecule has 3 aromatic heterocycles. The van der Waals surface area contributed by atoms with Gasteiger partial charge in [0, 0.05) is 35.3 Å². The normalized spacial score (nSPS) is 10.2. The summed E-state index contributed by atoms with van der Waals surface area (Å²) >= 11 is 0. The van der Waals surface area contributed by atoms with Crippen LogP contribution in [0.25, 0.3) is 16.9 Å². The highest BCUT2D eigenvalue weighted by Gasteiger charge is 2.20. The van der Waals surface area contributed by atoms with Crippen LogP contribution < -0.4 is 10.5 Å². The molecule has 0 aliphatic rings. The van der Waals surface area contributed by atoms with E-state index >= 15 is 0 Å². The Bertz CT molecular complexity index is 1290. The molecule has 0 saturated heterocycles. The number of aromatic nitrogens is 4. The van der Waals surface area contributed by atoms with Gasteiger partial charge in [0.05, 0.1) is 19.3 Å². The molecule has 0 radical (unpaired) electrons. The largest absolute Gasteiger partial charge is 0.486 e. The number of carboxylic acid groups (broad SMARTS) is 1. The highest BCUT2D eigenvalue weighted by molar-refractivity contribution is 5.90. The fourth-order valence-corrected chi connectivity index (χ4v) is 3.23. The summed E-state index contributed by atoms with van der Waals surface area (Å²) in [5.74, 6) is -0.536. The highest BCUT2D eigenvalue weighted by atomic mass is 16.5. The molecule has 36 heavy (non-hydrogen) atoms. The third kappa shape index (κ3) is 6.73. The van der Waals surface area contributed by atoms with Crippen LogP contribution in [0, 0.1) is 6.92 Å². The van der Waals surface area contributed by atoms with E-state index in [9.17, 15) is 14.7 Å². The summed E-state index contributed by atoms with van der Waals surface area (Å²) in [6.07, 6.45) is 6.75. The summed E-state index contributed by atoms with van der Waals surface area (Å²) < 4.78 is 12.0. The Hall–Kier alpha value is -4.57. The van der Waals surface area contributed by atoms with Gasteiger partial charge in [-0.2, -0.15) is 5.10 Å². The van der Waals surface area contributed by atoms with Crippen LogP contribution in [0.3, 0.4) is 0 Å². The lowest BCUT2D eigenvalue weighted by atomic mass is 10.0. The third-order valence-electron chi connectivity index (χ3n) is 4.96. The minimum absolute atomic E-state index is 0.0200. The van der Waals surface area contributed by atoms with Crippen molar-refractivity contribution < 1.29 is 24.2 Å². The van der Waals surface area contributed by atoms with E-state index in [4.69, 9.17) is 10.5 Å². The molecule has 0 spiro atoms. The molecule has 0 saturated carbocycles. The number of aromatic carboxylic acids is 1. The molecule has 4 aromatic rings. The number of nitrogens with zero attached hydrogens (tertiary/aromatic N) is 4. The maximum atomic E-state index is 11.7. The zero-order valence-electron chi connectivity index (χ0n) is 20.0. The monoisotopic (exact) mass is 489 g/mol. The summed E-state index contributed by atoms with van der Waals surface area (Å²) in [7, 11) is 0. The number of hydrogen-bond acceptors (Lipinski definition) is 8. The second kappa shape index (κ2) is 12.8. The van der Waals surface area contributed by atoms with Crippen molar-refractivity contribution in [3.8, 4) is 22.7 Å². The Labute approximate surface area is 208 Å². The molecule has 10 heteroatoms. The van der Waals surface area contributed by atoms with Crippen molar-refractivity contribution in [2.45, 2.75) is 20.5 Å². The maximum absolute atomic E-state index is 11.7. The van der Waals surface area contributed by atoms with Gasteiger partial charge in [-0.3, -0.25) is 4.79 Å². The van der Waals surface area contributed by atoms with E-state index in [-0.39, 0.29) is 30.6 Å². The molecule has 0 bridgehead atoms. The van der Waals surface area contributed by atoms with Gasteiger partial charge in [-0.25, -0.2) is 19.4 Å². The van der Waals surface area contributed by atoms with Crippen molar-refractivity contribution in [2.75, 3.05) is 13.2 Å². The number of pyridine rings is 2. The van der Waals surface area contributed by atoms with Crippen molar-refractivity contribution in [1.29, 1.82) is 0 Å². The maximum Gasteiger partial charge on any atom is 0.358 e. The zero-order chi connectivity index (χ0) is 25.9. The molecule has 0 aliphatic heterocycles. The number of carbonyl (C=O) groups is 2. The lowest BCUT2D eigenvalue weighted by Gasteiger charge is -2.14.